The van der Waals surface area contributed by atoms with Crippen LogP contribution in [0.3, 0.4) is 0 Å². The summed E-state index contributed by atoms with van der Waals surface area (Å²) in [5.41, 5.74) is 14.0. The van der Waals surface area contributed by atoms with Crippen LogP contribution in [0.15, 0.2) is 218 Å². The van der Waals surface area contributed by atoms with Crippen LogP contribution in [0.5, 0.6) is 0 Å². The first-order chi connectivity index (χ1) is 28.3. The summed E-state index contributed by atoms with van der Waals surface area (Å²) in [4.78, 5) is 2.45. The average Bonchev–Trinajstić information content (AvgIpc) is 3.82. The minimum absolute atomic E-state index is 1.10. The van der Waals surface area contributed by atoms with Gasteiger partial charge in [-0.25, -0.2) is 0 Å². The zero-order chi connectivity index (χ0) is 37.7. The third kappa shape index (κ3) is 5.71. The molecule has 2 nitrogen and oxygen atoms in total. The molecule has 0 radical (unpaired) electrons. The van der Waals surface area contributed by atoms with Crippen molar-refractivity contribution in [3.63, 3.8) is 0 Å². The van der Waals surface area contributed by atoms with Gasteiger partial charge in [0.1, 0.15) is 0 Å². The molecule has 0 aliphatic carbocycles. The number of rotatable bonds is 7. The van der Waals surface area contributed by atoms with Crippen LogP contribution in [0, 0.1) is 0 Å². The molecule has 0 bridgehead atoms. The smallest absolute Gasteiger partial charge is 0.0561 e. The van der Waals surface area contributed by atoms with Crippen molar-refractivity contribution >= 4 is 70.4 Å². The van der Waals surface area contributed by atoms with E-state index in [1.54, 1.807) is 0 Å². The topological polar surface area (TPSA) is 8.17 Å². The fraction of sp³-hybridized carbons (Fsp3) is 0. The maximum absolute atomic E-state index is 2.45. The quantitative estimate of drug-likeness (QED) is 0.158. The second-order valence-electron chi connectivity index (χ2n) is 14.5. The lowest BCUT2D eigenvalue weighted by molar-refractivity contribution is 1.18. The molecule has 0 amide bonds. The molecule has 2 aromatic heterocycles. The number of aromatic nitrogens is 1. The third-order valence-electron chi connectivity index (χ3n) is 11.2. The Hall–Kier alpha value is -7.20. The fourth-order valence-electron chi connectivity index (χ4n) is 8.58. The SMILES string of the molecule is c1ccc(-c2ccc(-n3c4ccccc4c4ccc(N(c5ccc6sc7ccccc7c6c5)c5ccccc5-c5ccccc5)cc43)cc2-c2ccccc2)cc1. The lowest BCUT2D eigenvalue weighted by Crippen LogP contribution is -2.11. The van der Waals surface area contributed by atoms with Crippen LogP contribution < -0.4 is 4.90 Å². The van der Waals surface area contributed by atoms with Gasteiger partial charge in [0.05, 0.1) is 16.7 Å². The van der Waals surface area contributed by atoms with Crippen molar-refractivity contribution in [3.8, 4) is 39.1 Å². The molecule has 0 aliphatic rings. The minimum atomic E-state index is 1.10. The van der Waals surface area contributed by atoms with E-state index in [0.29, 0.717) is 0 Å². The summed E-state index contributed by atoms with van der Waals surface area (Å²) in [7, 11) is 0. The number of nitrogens with zero attached hydrogens (tertiary/aromatic N) is 2. The Bertz CT molecular complexity index is 3230. The maximum Gasteiger partial charge on any atom is 0.0561 e. The molecule has 11 aromatic rings. The number of para-hydroxylation sites is 2. The molecule has 0 saturated carbocycles. The van der Waals surface area contributed by atoms with Crippen LogP contribution in [-0.2, 0) is 0 Å². The summed E-state index contributed by atoms with van der Waals surface area (Å²) in [5, 5.41) is 5.02. The van der Waals surface area contributed by atoms with E-state index >= 15 is 0 Å². The third-order valence-corrected chi connectivity index (χ3v) is 12.3. The molecule has 9 aromatic carbocycles. The zero-order valence-corrected chi connectivity index (χ0v) is 31.9. The molecule has 268 valence electrons. The van der Waals surface area contributed by atoms with Crippen molar-refractivity contribution in [2.45, 2.75) is 0 Å². The molecule has 3 heteroatoms. The Kier molecular flexibility index (Phi) is 8.04. The second-order valence-corrected chi connectivity index (χ2v) is 15.6. The van der Waals surface area contributed by atoms with Crippen LogP contribution in [0.2, 0.25) is 0 Å². The number of anilines is 3. The van der Waals surface area contributed by atoms with Gasteiger partial charge in [0.15, 0.2) is 0 Å². The summed E-state index contributed by atoms with van der Waals surface area (Å²) < 4.78 is 5.05. The normalized spacial score (nSPS) is 11.5. The first kappa shape index (κ1) is 33.2. The summed E-state index contributed by atoms with van der Waals surface area (Å²) in [6.07, 6.45) is 0. The molecule has 0 unspecified atom stereocenters. The molecule has 0 fully saturated rings. The predicted octanol–water partition coefficient (Wildman–Crippen LogP) is 15.6. The Morgan fingerprint density at radius 1 is 0.333 bits per heavy atom. The highest BCUT2D eigenvalue weighted by atomic mass is 32.1. The van der Waals surface area contributed by atoms with Crippen LogP contribution in [0.1, 0.15) is 0 Å². The van der Waals surface area contributed by atoms with Gasteiger partial charge in [-0.2, -0.15) is 0 Å². The average molecular weight is 745 g/mol. The Morgan fingerprint density at radius 2 is 0.895 bits per heavy atom. The summed E-state index contributed by atoms with van der Waals surface area (Å²) >= 11 is 1.85. The van der Waals surface area contributed by atoms with Gasteiger partial charge in [0, 0.05) is 53.6 Å². The highest BCUT2D eigenvalue weighted by Gasteiger charge is 2.21. The van der Waals surface area contributed by atoms with Gasteiger partial charge in [0.2, 0.25) is 0 Å². The Balaban J connectivity index is 1.17. The monoisotopic (exact) mass is 744 g/mol. The molecule has 11 rings (SSSR count). The largest absolute Gasteiger partial charge is 0.310 e. The molecule has 0 atom stereocenters. The van der Waals surface area contributed by atoms with Crippen LogP contribution >= 0.6 is 11.3 Å². The van der Waals surface area contributed by atoms with E-state index in [1.165, 1.54) is 69.8 Å². The number of thiophene rings is 1. The molecule has 0 aliphatic heterocycles. The van der Waals surface area contributed by atoms with E-state index in [9.17, 15) is 0 Å². The van der Waals surface area contributed by atoms with E-state index in [1.807, 2.05) is 11.3 Å². The summed E-state index contributed by atoms with van der Waals surface area (Å²) in [6, 6.07) is 79.5. The highest BCUT2D eigenvalue weighted by molar-refractivity contribution is 7.25. The summed E-state index contributed by atoms with van der Waals surface area (Å²) in [5.74, 6) is 0. The number of hydrogen-bond acceptors (Lipinski definition) is 2. The van der Waals surface area contributed by atoms with Gasteiger partial charge in [0.25, 0.3) is 0 Å². The van der Waals surface area contributed by atoms with Crippen LogP contribution in [-0.4, -0.2) is 4.57 Å². The minimum Gasteiger partial charge on any atom is -0.310 e. The fourth-order valence-corrected chi connectivity index (χ4v) is 9.67. The Morgan fingerprint density at radius 3 is 1.67 bits per heavy atom. The first-order valence-corrected chi connectivity index (χ1v) is 20.2. The van der Waals surface area contributed by atoms with Crippen LogP contribution in [0.4, 0.5) is 17.1 Å². The van der Waals surface area contributed by atoms with Crippen molar-refractivity contribution in [1.29, 1.82) is 0 Å². The summed E-state index contributed by atoms with van der Waals surface area (Å²) in [6.45, 7) is 0. The lowest BCUT2D eigenvalue weighted by Gasteiger charge is -2.28. The molecule has 57 heavy (non-hydrogen) atoms. The standard InChI is InChI=1S/C54H36N2S/c1-4-16-37(17-5-1)43-31-28-41(34-48(43)39-20-8-3-9-21-39)56-51-26-14-11-23-45(51)46-32-29-42(36-52(46)56)55(50-25-13-10-22-44(50)38-18-6-2-7-19-38)40-30-33-54-49(35-40)47-24-12-15-27-53(47)57-54/h1-36H. The van der Waals surface area contributed by atoms with Crippen molar-refractivity contribution in [2.24, 2.45) is 0 Å². The van der Waals surface area contributed by atoms with E-state index in [2.05, 4.69) is 228 Å². The first-order valence-electron chi connectivity index (χ1n) is 19.4. The van der Waals surface area contributed by atoms with Crippen molar-refractivity contribution < 1.29 is 0 Å². The molecule has 0 saturated heterocycles. The second kappa shape index (κ2) is 13.8. The van der Waals surface area contributed by atoms with Gasteiger partial charge >= 0.3 is 0 Å². The van der Waals surface area contributed by atoms with Crippen molar-refractivity contribution in [2.75, 3.05) is 4.90 Å². The van der Waals surface area contributed by atoms with Gasteiger partial charge in [-0.3, -0.25) is 0 Å². The molecule has 0 N–H and O–H groups in total. The maximum atomic E-state index is 2.45. The van der Waals surface area contributed by atoms with Gasteiger partial charge in [-0.05, 0) is 88.5 Å². The zero-order valence-electron chi connectivity index (χ0n) is 31.1. The molecule has 0 spiro atoms. The highest BCUT2D eigenvalue weighted by Crippen LogP contribution is 2.46. The Labute approximate surface area is 335 Å². The van der Waals surface area contributed by atoms with Crippen molar-refractivity contribution in [1.82, 2.24) is 4.57 Å². The molecular weight excluding hydrogens is 709 g/mol. The number of fused-ring (bicyclic) bond motifs is 6. The van der Waals surface area contributed by atoms with Gasteiger partial charge in [-0.1, -0.05) is 158 Å². The van der Waals surface area contributed by atoms with E-state index < -0.39 is 0 Å². The predicted molar refractivity (Wildman–Crippen MR) is 245 cm³/mol. The van der Waals surface area contributed by atoms with Crippen LogP contribution in [0.25, 0.3) is 81.0 Å². The number of hydrogen-bond donors (Lipinski definition) is 0. The molecular formula is C54H36N2S. The van der Waals surface area contributed by atoms with Crippen molar-refractivity contribution in [3.05, 3.63) is 218 Å². The van der Waals surface area contributed by atoms with Gasteiger partial charge in [-0.15, -0.1) is 11.3 Å². The van der Waals surface area contributed by atoms with E-state index in [4.69, 9.17) is 0 Å². The number of benzene rings is 9. The van der Waals surface area contributed by atoms with Gasteiger partial charge < -0.3 is 9.47 Å². The lowest BCUT2D eigenvalue weighted by atomic mass is 9.94. The molecule has 2 heterocycles. The van der Waals surface area contributed by atoms with E-state index in [-0.39, 0.29) is 0 Å². The van der Waals surface area contributed by atoms with E-state index in [0.717, 1.165) is 28.3 Å².